The summed E-state index contributed by atoms with van der Waals surface area (Å²) in [5, 5.41) is 0. The van der Waals surface area contributed by atoms with Crippen molar-refractivity contribution in [3.05, 3.63) is 83.3 Å². The second kappa shape index (κ2) is 7.41. The molecule has 1 aliphatic rings. The molecule has 4 nitrogen and oxygen atoms in total. The third-order valence-electron chi connectivity index (χ3n) is 4.92. The number of furan rings is 1. The molecule has 2 aromatic carbocycles. The van der Waals surface area contributed by atoms with E-state index < -0.39 is 0 Å². The zero-order valence-corrected chi connectivity index (χ0v) is 15.8. The quantitative estimate of drug-likeness (QED) is 0.699. The average molecular weight is 360 g/mol. The lowest BCUT2D eigenvalue weighted by molar-refractivity contribution is 0.0729. The summed E-state index contributed by atoms with van der Waals surface area (Å²) in [6.07, 6.45) is 0.774. The molecule has 3 aromatic rings. The van der Waals surface area contributed by atoms with Gasteiger partial charge in [0, 0.05) is 30.6 Å². The number of carbonyl (C=O) groups excluding carboxylic acids is 1. The van der Waals surface area contributed by atoms with Crippen LogP contribution in [0.25, 0.3) is 11.1 Å². The van der Waals surface area contributed by atoms with Gasteiger partial charge in [0.15, 0.2) is 0 Å². The molecule has 0 fully saturated rings. The van der Waals surface area contributed by atoms with Crippen molar-refractivity contribution < 1.29 is 9.21 Å². The van der Waals surface area contributed by atoms with Crippen molar-refractivity contribution in [1.82, 2.24) is 9.80 Å². The van der Waals surface area contributed by atoms with Crippen molar-refractivity contribution in [2.24, 2.45) is 0 Å². The minimum Gasteiger partial charge on any atom is -0.464 e. The summed E-state index contributed by atoms with van der Waals surface area (Å²) in [6.45, 7) is 2.09. The normalized spacial score (nSPS) is 13.7. The Morgan fingerprint density at radius 1 is 1.04 bits per heavy atom. The topological polar surface area (TPSA) is 36.7 Å². The number of amides is 1. The molecule has 0 spiro atoms. The van der Waals surface area contributed by atoms with Crippen LogP contribution in [0.3, 0.4) is 0 Å². The summed E-state index contributed by atoms with van der Waals surface area (Å²) in [7, 11) is 4.05. The maximum absolute atomic E-state index is 12.9. The molecule has 1 aromatic heterocycles. The average Bonchev–Trinajstić information content (AvgIpc) is 3.09. The second-order valence-corrected chi connectivity index (χ2v) is 7.32. The van der Waals surface area contributed by atoms with Crippen LogP contribution in [0.4, 0.5) is 0 Å². The molecule has 4 heteroatoms. The van der Waals surface area contributed by atoms with E-state index in [9.17, 15) is 4.79 Å². The molecule has 0 saturated heterocycles. The lowest BCUT2D eigenvalue weighted by Gasteiger charge is -2.26. The third kappa shape index (κ3) is 3.81. The zero-order chi connectivity index (χ0) is 18.8. The van der Waals surface area contributed by atoms with Gasteiger partial charge in [0.2, 0.25) is 0 Å². The monoisotopic (exact) mass is 360 g/mol. The van der Waals surface area contributed by atoms with Gasteiger partial charge in [-0.2, -0.15) is 0 Å². The Labute approximate surface area is 160 Å². The Hall–Kier alpha value is -2.85. The van der Waals surface area contributed by atoms with Crippen LogP contribution in [0.2, 0.25) is 0 Å². The van der Waals surface area contributed by atoms with E-state index in [2.05, 4.69) is 23.1 Å². The number of rotatable bonds is 4. The van der Waals surface area contributed by atoms with Gasteiger partial charge in [-0.1, -0.05) is 42.5 Å². The van der Waals surface area contributed by atoms with Gasteiger partial charge in [0.25, 0.3) is 5.91 Å². The van der Waals surface area contributed by atoms with E-state index in [0.29, 0.717) is 13.1 Å². The molecule has 0 N–H and O–H groups in total. The summed E-state index contributed by atoms with van der Waals surface area (Å²) in [4.78, 5) is 16.9. The Balaban J connectivity index is 1.48. The van der Waals surface area contributed by atoms with Crippen molar-refractivity contribution in [3.63, 3.8) is 0 Å². The Morgan fingerprint density at radius 2 is 1.74 bits per heavy atom. The standard InChI is InChI=1S/C23H24N2O2/c1-24(2)16-21-14-20-15-25(13-12-22(20)27-21)23(26)19-10-8-18(9-11-19)17-6-4-3-5-7-17/h3-11,14H,12-13,15-16H2,1-2H3. The van der Waals surface area contributed by atoms with Gasteiger partial charge in [-0.15, -0.1) is 0 Å². The molecule has 0 saturated carbocycles. The van der Waals surface area contributed by atoms with Crippen molar-refractivity contribution in [3.8, 4) is 11.1 Å². The molecule has 0 aliphatic carbocycles. The van der Waals surface area contributed by atoms with Crippen LogP contribution >= 0.6 is 0 Å². The third-order valence-corrected chi connectivity index (χ3v) is 4.92. The first kappa shape index (κ1) is 17.6. The first-order chi connectivity index (χ1) is 13.1. The molecule has 27 heavy (non-hydrogen) atoms. The van der Waals surface area contributed by atoms with Gasteiger partial charge in [0.1, 0.15) is 11.5 Å². The number of carbonyl (C=O) groups is 1. The number of fused-ring (bicyclic) bond motifs is 1. The van der Waals surface area contributed by atoms with Gasteiger partial charge in [-0.3, -0.25) is 4.79 Å². The van der Waals surface area contributed by atoms with Crippen LogP contribution < -0.4 is 0 Å². The van der Waals surface area contributed by atoms with E-state index in [4.69, 9.17) is 4.42 Å². The van der Waals surface area contributed by atoms with E-state index >= 15 is 0 Å². The predicted molar refractivity (Wildman–Crippen MR) is 106 cm³/mol. The molecule has 0 bridgehead atoms. The zero-order valence-electron chi connectivity index (χ0n) is 15.8. The highest BCUT2D eigenvalue weighted by Gasteiger charge is 2.25. The van der Waals surface area contributed by atoms with E-state index in [1.165, 1.54) is 0 Å². The number of hydrogen-bond acceptors (Lipinski definition) is 3. The van der Waals surface area contributed by atoms with Gasteiger partial charge in [-0.25, -0.2) is 0 Å². The number of nitrogens with zero attached hydrogens (tertiary/aromatic N) is 2. The fourth-order valence-electron chi connectivity index (χ4n) is 3.58. The van der Waals surface area contributed by atoms with Crippen LogP contribution in [0.15, 0.2) is 65.1 Å². The summed E-state index contributed by atoms with van der Waals surface area (Å²) in [6, 6.07) is 20.2. The fraction of sp³-hybridized carbons (Fsp3) is 0.261. The Morgan fingerprint density at radius 3 is 2.44 bits per heavy atom. The summed E-state index contributed by atoms with van der Waals surface area (Å²) < 4.78 is 5.94. The first-order valence-electron chi connectivity index (χ1n) is 9.30. The highest BCUT2D eigenvalue weighted by molar-refractivity contribution is 5.94. The molecule has 1 aliphatic heterocycles. The maximum atomic E-state index is 12.9. The molecule has 0 unspecified atom stereocenters. The van der Waals surface area contributed by atoms with Crippen LogP contribution in [-0.2, 0) is 19.5 Å². The molecule has 0 radical (unpaired) electrons. The molecule has 0 atom stereocenters. The highest BCUT2D eigenvalue weighted by Crippen LogP contribution is 2.25. The Kier molecular flexibility index (Phi) is 4.82. The lowest BCUT2D eigenvalue weighted by atomic mass is 10.0. The fourth-order valence-corrected chi connectivity index (χ4v) is 3.58. The van der Waals surface area contributed by atoms with Crippen LogP contribution in [0.5, 0.6) is 0 Å². The van der Waals surface area contributed by atoms with E-state index in [1.54, 1.807) is 0 Å². The lowest BCUT2D eigenvalue weighted by Crippen LogP contribution is -2.35. The molecule has 2 heterocycles. The number of benzene rings is 2. The molecule has 4 rings (SSSR count). The van der Waals surface area contributed by atoms with Gasteiger partial charge >= 0.3 is 0 Å². The summed E-state index contributed by atoms with van der Waals surface area (Å²) in [5.41, 5.74) is 4.14. The van der Waals surface area contributed by atoms with Gasteiger partial charge in [0.05, 0.1) is 6.54 Å². The van der Waals surface area contributed by atoms with Crippen LogP contribution in [0.1, 0.15) is 27.4 Å². The highest BCUT2D eigenvalue weighted by atomic mass is 16.3. The van der Waals surface area contributed by atoms with Crippen LogP contribution in [0, 0.1) is 0 Å². The van der Waals surface area contributed by atoms with Crippen LogP contribution in [-0.4, -0.2) is 36.3 Å². The second-order valence-electron chi connectivity index (χ2n) is 7.32. The summed E-state index contributed by atoms with van der Waals surface area (Å²) in [5.74, 6) is 2.07. The van der Waals surface area contributed by atoms with E-state index in [1.807, 2.05) is 61.5 Å². The van der Waals surface area contributed by atoms with Gasteiger partial charge in [-0.05, 0) is 43.4 Å². The first-order valence-corrected chi connectivity index (χ1v) is 9.30. The minimum atomic E-state index is 0.0793. The molecule has 138 valence electrons. The predicted octanol–water partition coefficient (Wildman–Crippen LogP) is 4.21. The van der Waals surface area contributed by atoms with Crippen molar-refractivity contribution >= 4 is 5.91 Å². The van der Waals surface area contributed by atoms with Gasteiger partial charge < -0.3 is 14.2 Å². The minimum absolute atomic E-state index is 0.0793. The van der Waals surface area contributed by atoms with Crippen molar-refractivity contribution in [1.29, 1.82) is 0 Å². The molecular formula is C23H24N2O2. The molecule has 1 amide bonds. The largest absolute Gasteiger partial charge is 0.464 e. The van der Waals surface area contributed by atoms with E-state index in [0.717, 1.165) is 46.7 Å². The summed E-state index contributed by atoms with van der Waals surface area (Å²) >= 11 is 0. The maximum Gasteiger partial charge on any atom is 0.254 e. The van der Waals surface area contributed by atoms with E-state index in [-0.39, 0.29) is 5.91 Å². The van der Waals surface area contributed by atoms with Crippen molar-refractivity contribution in [2.75, 3.05) is 20.6 Å². The number of hydrogen-bond donors (Lipinski definition) is 0. The SMILES string of the molecule is CN(C)Cc1cc2c(o1)CCN(C(=O)c1ccc(-c3ccccc3)cc1)C2. The molecular weight excluding hydrogens is 336 g/mol. The Bertz CT molecular complexity index is 927. The van der Waals surface area contributed by atoms with Crippen molar-refractivity contribution in [2.45, 2.75) is 19.5 Å². The smallest absolute Gasteiger partial charge is 0.254 e.